The molecule has 0 bridgehead atoms. The molecule has 6 nitrogen and oxygen atoms in total. The highest BCUT2D eigenvalue weighted by Gasteiger charge is 2.22. The quantitative estimate of drug-likeness (QED) is 0.817. The molecule has 1 aromatic heterocycles. The molecule has 1 aromatic carbocycles. The minimum atomic E-state index is -0.0577. The summed E-state index contributed by atoms with van der Waals surface area (Å²) in [4.78, 5) is 20.5. The van der Waals surface area contributed by atoms with E-state index in [1.807, 2.05) is 36.1 Å². The molecule has 3 rings (SSSR count). The zero-order valence-electron chi connectivity index (χ0n) is 14.8. The van der Waals surface area contributed by atoms with Crippen LogP contribution in [0.2, 0.25) is 5.15 Å². The molecule has 0 aliphatic carbocycles. The molecule has 2 heterocycles. The average molecular weight is 375 g/mol. The van der Waals surface area contributed by atoms with Gasteiger partial charge in [-0.3, -0.25) is 0 Å². The number of aromatic nitrogens is 1. The Balaban J connectivity index is 1.51. The van der Waals surface area contributed by atoms with Crippen LogP contribution in [0.15, 0.2) is 42.6 Å². The second-order valence-corrected chi connectivity index (χ2v) is 6.41. The van der Waals surface area contributed by atoms with Crippen LogP contribution < -0.4 is 15.0 Å². The van der Waals surface area contributed by atoms with Crippen LogP contribution in [-0.4, -0.2) is 48.7 Å². The van der Waals surface area contributed by atoms with Crippen LogP contribution in [0.5, 0.6) is 5.75 Å². The summed E-state index contributed by atoms with van der Waals surface area (Å²) in [5.41, 5.74) is 2.01. The lowest BCUT2D eigenvalue weighted by atomic mass is 10.2. The Kier molecular flexibility index (Phi) is 6.17. The van der Waals surface area contributed by atoms with Crippen LogP contribution in [-0.2, 0) is 6.54 Å². The molecule has 2 aromatic rings. The standard InChI is InChI=1S/C19H23ClN4O2/c1-2-26-17-6-4-3-5-16(17)23-9-11-24(12-10-23)19(25)22-14-15-7-8-18(20)21-13-15/h3-8,13H,2,9-12,14H2,1H3,(H,22,25). The number of urea groups is 1. The molecule has 1 saturated heterocycles. The molecule has 0 atom stereocenters. The molecular weight excluding hydrogens is 352 g/mol. The van der Waals surface area contributed by atoms with Gasteiger partial charge >= 0.3 is 6.03 Å². The van der Waals surface area contributed by atoms with Crippen molar-refractivity contribution in [1.82, 2.24) is 15.2 Å². The molecule has 138 valence electrons. The first kappa shape index (κ1) is 18.3. The summed E-state index contributed by atoms with van der Waals surface area (Å²) >= 11 is 5.77. The second-order valence-electron chi connectivity index (χ2n) is 6.02. The molecule has 26 heavy (non-hydrogen) atoms. The van der Waals surface area contributed by atoms with Crippen molar-refractivity contribution >= 4 is 23.3 Å². The monoisotopic (exact) mass is 374 g/mol. The van der Waals surface area contributed by atoms with E-state index in [-0.39, 0.29) is 6.03 Å². The van der Waals surface area contributed by atoms with E-state index < -0.39 is 0 Å². The number of hydrogen-bond acceptors (Lipinski definition) is 4. The summed E-state index contributed by atoms with van der Waals surface area (Å²) in [6.07, 6.45) is 1.67. The zero-order valence-corrected chi connectivity index (χ0v) is 15.6. The van der Waals surface area contributed by atoms with Gasteiger partial charge in [0.25, 0.3) is 0 Å². The smallest absolute Gasteiger partial charge is 0.317 e. The van der Waals surface area contributed by atoms with Crippen LogP contribution in [0.1, 0.15) is 12.5 Å². The molecule has 0 spiro atoms. The van der Waals surface area contributed by atoms with Gasteiger partial charge < -0.3 is 19.9 Å². The molecule has 0 saturated carbocycles. The van der Waals surface area contributed by atoms with E-state index in [1.165, 1.54) is 0 Å². The number of hydrogen-bond donors (Lipinski definition) is 1. The number of piperazine rings is 1. The van der Waals surface area contributed by atoms with Crippen molar-refractivity contribution in [1.29, 1.82) is 0 Å². The van der Waals surface area contributed by atoms with Crippen LogP contribution in [0.4, 0.5) is 10.5 Å². The Morgan fingerprint density at radius 2 is 1.96 bits per heavy atom. The topological polar surface area (TPSA) is 57.7 Å². The first-order chi connectivity index (χ1) is 12.7. The van der Waals surface area contributed by atoms with Crippen molar-refractivity contribution < 1.29 is 9.53 Å². The molecule has 0 unspecified atom stereocenters. The first-order valence-electron chi connectivity index (χ1n) is 8.77. The predicted molar refractivity (Wildman–Crippen MR) is 103 cm³/mol. The number of para-hydroxylation sites is 2. The predicted octanol–water partition coefficient (Wildman–Crippen LogP) is 3.17. The maximum absolute atomic E-state index is 12.4. The maximum Gasteiger partial charge on any atom is 0.317 e. The SMILES string of the molecule is CCOc1ccccc1N1CCN(C(=O)NCc2ccc(Cl)nc2)CC1. The van der Waals surface area contributed by atoms with Gasteiger partial charge in [-0.15, -0.1) is 0 Å². The third-order valence-electron chi connectivity index (χ3n) is 4.31. The van der Waals surface area contributed by atoms with Crippen LogP contribution in [0, 0.1) is 0 Å². The lowest BCUT2D eigenvalue weighted by molar-refractivity contribution is 0.194. The number of amides is 2. The number of halogens is 1. The van der Waals surface area contributed by atoms with E-state index in [4.69, 9.17) is 16.3 Å². The first-order valence-corrected chi connectivity index (χ1v) is 9.15. The summed E-state index contributed by atoms with van der Waals surface area (Å²) in [5.74, 6) is 0.892. The Morgan fingerprint density at radius 3 is 2.65 bits per heavy atom. The van der Waals surface area contributed by atoms with Crippen LogP contribution >= 0.6 is 11.6 Å². The van der Waals surface area contributed by atoms with Gasteiger partial charge in [-0.2, -0.15) is 0 Å². The number of carbonyl (C=O) groups excluding carboxylic acids is 1. The van der Waals surface area contributed by atoms with Gasteiger partial charge in [0, 0.05) is 38.9 Å². The van der Waals surface area contributed by atoms with E-state index in [9.17, 15) is 4.79 Å². The fourth-order valence-corrected chi connectivity index (χ4v) is 3.06. The van der Waals surface area contributed by atoms with Gasteiger partial charge in [-0.1, -0.05) is 29.8 Å². The number of nitrogens with one attached hydrogen (secondary N) is 1. The Bertz CT molecular complexity index is 731. The van der Waals surface area contributed by atoms with Gasteiger partial charge in [0.2, 0.25) is 0 Å². The third-order valence-corrected chi connectivity index (χ3v) is 4.53. The van der Waals surface area contributed by atoms with Gasteiger partial charge in [-0.25, -0.2) is 9.78 Å². The van der Waals surface area contributed by atoms with E-state index >= 15 is 0 Å². The summed E-state index contributed by atoms with van der Waals surface area (Å²) in [7, 11) is 0. The number of anilines is 1. The van der Waals surface area contributed by atoms with Crippen molar-refractivity contribution in [3.8, 4) is 5.75 Å². The average Bonchev–Trinajstić information content (AvgIpc) is 2.68. The molecule has 7 heteroatoms. The summed E-state index contributed by atoms with van der Waals surface area (Å²) in [5, 5.41) is 3.38. The molecule has 1 aliphatic heterocycles. The minimum absolute atomic E-state index is 0.0577. The second kappa shape index (κ2) is 8.76. The van der Waals surface area contributed by atoms with Crippen molar-refractivity contribution in [3.63, 3.8) is 0 Å². The Morgan fingerprint density at radius 1 is 1.19 bits per heavy atom. The summed E-state index contributed by atoms with van der Waals surface area (Å²) in [6.45, 7) is 5.96. The number of pyridine rings is 1. The van der Waals surface area contributed by atoms with Gasteiger partial charge in [0.15, 0.2) is 0 Å². The largest absolute Gasteiger partial charge is 0.492 e. The maximum atomic E-state index is 12.4. The molecular formula is C19H23ClN4O2. The van der Waals surface area contributed by atoms with Gasteiger partial charge in [-0.05, 0) is 30.7 Å². The third kappa shape index (κ3) is 4.58. The highest BCUT2D eigenvalue weighted by atomic mass is 35.5. The lowest BCUT2D eigenvalue weighted by Gasteiger charge is -2.36. The number of rotatable bonds is 5. The summed E-state index contributed by atoms with van der Waals surface area (Å²) < 4.78 is 5.71. The van der Waals surface area contributed by atoms with Crippen molar-refractivity contribution in [3.05, 3.63) is 53.3 Å². The van der Waals surface area contributed by atoms with Crippen LogP contribution in [0.3, 0.4) is 0 Å². The van der Waals surface area contributed by atoms with Gasteiger partial charge in [0.1, 0.15) is 10.9 Å². The number of nitrogens with zero attached hydrogens (tertiary/aromatic N) is 3. The minimum Gasteiger partial charge on any atom is -0.492 e. The lowest BCUT2D eigenvalue weighted by Crippen LogP contribution is -2.51. The van der Waals surface area contributed by atoms with E-state index in [1.54, 1.807) is 12.3 Å². The van der Waals surface area contributed by atoms with E-state index in [0.717, 1.165) is 30.1 Å². The zero-order chi connectivity index (χ0) is 18.4. The highest BCUT2D eigenvalue weighted by molar-refractivity contribution is 6.29. The number of benzene rings is 1. The molecule has 2 amide bonds. The number of ether oxygens (including phenoxy) is 1. The molecule has 1 N–H and O–H groups in total. The summed E-state index contributed by atoms with van der Waals surface area (Å²) in [6, 6.07) is 11.6. The van der Waals surface area contributed by atoms with Gasteiger partial charge in [0.05, 0.1) is 12.3 Å². The fourth-order valence-electron chi connectivity index (χ4n) is 2.95. The Labute approximate surface area is 158 Å². The van der Waals surface area contributed by atoms with Crippen molar-refractivity contribution in [2.45, 2.75) is 13.5 Å². The van der Waals surface area contributed by atoms with Crippen molar-refractivity contribution in [2.75, 3.05) is 37.7 Å². The highest BCUT2D eigenvalue weighted by Crippen LogP contribution is 2.28. The van der Waals surface area contributed by atoms with E-state index in [0.29, 0.717) is 31.4 Å². The Hall–Kier alpha value is -2.47. The fraction of sp³-hybridized carbons (Fsp3) is 0.368. The normalized spacial score (nSPS) is 14.2. The number of carbonyl (C=O) groups is 1. The van der Waals surface area contributed by atoms with Crippen molar-refractivity contribution in [2.24, 2.45) is 0 Å². The van der Waals surface area contributed by atoms with E-state index in [2.05, 4.69) is 21.3 Å². The van der Waals surface area contributed by atoms with Crippen LogP contribution in [0.25, 0.3) is 0 Å². The molecule has 1 fully saturated rings. The molecule has 1 aliphatic rings. The molecule has 0 radical (unpaired) electrons.